The highest BCUT2D eigenvalue weighted by Crippen LogP contribution is 2.47. The number of carbonyl (C=O) groups excluding carboxylic acids is 3. The fourth-order valence-corrected chi connectivity index (χ4v) is 4.39. The van der Waals surface area contributed by atoms with Gasteiger partial charge in [-0.15, -0.1) is 0 Å². The fourth-order valence-electron chi connectivity index (χ4n) is 3.12. The SMILES string of the molecule is CC(C)OC(=O)OCOP(=O)(OCOC(=O)OC(C)C)c1ccc(Cn2cnc3nc(C(N)=O)ccc32)cc1. The zero-order valence-corrected chi connectivity index (χ0v) is 22.7. The van der Waals surface area contributed by atoms with E-state index in [4.69, 9.17) is 33.7 Å². The molecular formula is C24H29N4O10P. The number of imidazole rings is 1. The van der Waals surface area contributed by atoms with Crippen LogP contribution in [-0.4, -0.2) is 58.5 Å². The van der Waals surface area contributed by atoms with E-state index in [0.717, 1.165) is 5.56 Å². The van der Waals surface area contributed by atoms with Gasteiger partial charge in [0.1, 0.15) is 5.69 Å². The Balaban J connectivity index is 1.73. The van der Waals surface area contributed by atoms with Crippen LogP contribution in [0, 0.1) is 0 Å². The first kappa shape index (κ1) is 29.6. The van der Waals surface area contributed by atoms with Crippen LogP contribution in [0.2, 0.25) is 0 Å². The smallest absolute Gasteiger partial charge is 0.432 e. The van der Waals surface area contributed by atoms with Gasteiger partial charge in [0.25, 0.3) is 5.91 Å². The lowest BCUT2D eigenvalue weighted by atomic mass is 10.2. The van der Waals surface area contributed by atoms with Crippen LogP contribution in [0.5, 0.6) is 0 Å². The molecule has 0 fully saturated rings. The molecule has 1 amide bonds. The Bertz CT molecular complexity index is 1320. The van der Waals surface area contributed by atoms with Gasteiger partial charge in [0.15, 0.2) is 5.65 Å². The number of aromatic nitrogens is 3. The summed E-state index contributed by atoms with van der Waals surface area (Å²) in [5.41, 5.74) is 7.21. The van der Waals surface area contributed by atoms with E-state index in [1.54, 1.807) is 56.8 Å². The molecule has 39 heavy (non-hydrogen) atoms. The van der Waals surface area contributed by atoms with Crippen molar-refractivity contribution in [2.24, 2.45) is 5.73 Å². The fraction of sp³-hybridized carbons (Fsp3) is 0.375. The second kappa shape index (κ2) is 13.2. The maximum absolute atomic E-state index is 13.5. The van der Waals surface area contributed by atoms with Gasteiger partial charge >= 0.3 is 19.9 Å². The van der Waals surface area contributed by atoms with Crippen molar-refractivity contribution in [1.29, 1.82) is 0 Å². The number of benzene rings is 1. The Labute approximate surface area is 223 Å². The lowest BCUT2D eigenvalue weighted by molar-refractivity contribution is -0.0284. The van der Waals surface area contributed by atoms with E-state index in [1.165, 1.54) is 18.2 Å². The Morgan fingerprint density at radius 3 is 1.97 bits per heavy atom. The molecule has 2 aromatic heterocycles. The minimum atomic E-state index is -4.14. The first-order chi connectivity index (χ1) is 18.5. The molecule has 0 aliphatic carbocycles. The molecule has 15 heteroatoms. The third-order valence-electron chi connectivity index (χ3n) is 4.80. The van der Waals surface area contributed by atoms with Crippen LogP contribution in [0.15, 0.2) is 42.7 Å². The lowest BCUT2D eigenvalue weighted by Crippen LogP contribution is -2.19. The summed E-state index contributed by atoms with van der Waals surface area (Å²) in [6.45, 7) is 5.40. The van der Waals surface area contributed by atoms with Crippen molar-refractivity contribution in [2.75, 3.05) is 13.6 Å². The van der Waals surface area contributed by atoms with E-state index in [2.05, 4.69) is 9.97 Å². The Morgan fingerprint density at radius 1 is 0.897 bits per heavy atom. The van der Waals surface area contributed by atoms with Crippen LogP contribution in [-0.2, 0) is 39.1 Å². The van der Waals surface area contributed by atoms with Crippen molar-refractivity contribution in [1.82, 2.24) is 14.5 Å². The molecule has 0 atom stereocenters. The molecule has 2 heterocycles. The summed E-state index contributed by atoms with van der Waals surface area (Å²) in [6.07, 6.45) is -1.33. The normalized spacial score (nSPS) is 11.5. The highest BCUT2D eigenvalue weighted by Gasteiger charge is 2.30. The van der Waals surface area contributed by atoms with Gasteiger partial charge in [-0.2, -0.15) is 0 Å². The average molecular weight is 564 g/mol. The monoisotopic (exact) mass is 564 g/mol. The number of hydrogen-bond acceptors (Lipinski definition) is 12. The highest BCUT2D eigenvalue weighted by molar-refractivity contribution is 7.62. The summed E-state index contributed by atoms with van der Waals surface area (Å²) in [4.78, 5) is 43.0. The van der Waals surface area contributed by atoms with Crippen LogP contribution in [0.4, 0.5) is 9.59 Å². The Kier molecular flexibility index (Phi) is 9.99. The molecular weight excluding hydrogens is 535 g/mol. The molecule has 0 unspecified atom stereocenters. The largest absolute Gasteiger partial charge is 0.510 e. The summed E-state index contributed by atoms with van der Waals surface area (Å²) in [5.74, 6) is -0.652. The van der Waals surface area contributed by atoms with Crippen molar-refractivity contribution in [3.63, 3.8) is 0 Å². The van der Waals surface area contributed by atoms with Crippen LogP contribution >= 0.6 is 7.60 Å². The average Bonchev–Trinajstić information content (AvgIpc) is 3.25. The van der Waals surface area contributed by atoms with Crippen molar-refractivity contribution < 1.29 is 46.9 Å². The third kappa shape index (κ3) is 8.50. The number of fused-ring (bicyclic) bond motifs is 1. The van der Waals surface area contributed by atoms with Gasteiger partial charge in [-0.25, -0.2) is 19.6 Å². The first-order valence-electron chi connectivity index (χ1n) is 11.7. The first-order valence-corrected chi connectivity index (χ1v) is 13.3. The second-order valence-electron chi connectivity index (χ2n) is 8.56. The van der Waals surface area contributed by atoms with Crippen LogP contribution in [0.1, 0.15) is 43.7 Å². The predicted octanol–water partition coefficient (Wildman–Crippen LogP) is 3.47. The number of primary amides is 1. The summed E-state index contributed by atoms with van der Waals surface area (Å²) < 4.78 is 45.2. The number of hydrogen-bond donors (Lipinski definition) is 1. The van der Waals surface area contributed by atoms with Crippen molar-refractivity contribution >= 4 is 42.3 Å². The lowest BCUT2D eigenvalue weighted by Gasteiger charge is -2.19. The molecule has 0 saturated carbocycles. The quantitative estimate of drug-likeness (QED) is 0.192. The van der Waals surface area contributed by atoms with Crippen LogP contribution in [0.3, 0.4) is 0 Å². The minimum absolute atomic E-state index is 0.107. The molecule has 3 rings (SSSR count). The topological polar surface area (TPSA) is 180 Å². The summed E-state index contributed by atoms with van der Waals surface area (Å²) in [5, 5.41) is 0.108. The molecule has 14 nitrogen and oxygen atoms in total. The van der Waals surface area contributed by atoms with Gasteiger partial charge in [-0.05, 0) is 57.5 Å². The zero-order valence-electron chi connectivity index (χ0n) is 21.8. The Morgan fingerprint density at radius 2 is 1.46 bits per heavy atom. The number of nitrogens with two attached hydrogens (primary N) is 1. The molecule has 0 saturated heterocycles. The van der Waals surface area contributed by atoms with Gasteiger partial charge < -0.3 is 29.2 Å². The maximum atomic E-state index is 13.5. The van der Waals surface area contributed by atoms with E-state index < -0.39 is 51.6 Å². The highest BCUT2D eigenvalue weighted by atomic mass is 31.2. The third-order valence-corrected chi connectivity index (χ3v) is 6.63. The molecule has 0 bridgehead atoms. The number of nitrogens with zero attached hydrogens (tertiary/aromatic N) is 3. The van der Waals surface area contributed by atoms with Gasteiger partial charge in [-0.3, -0.25) is 18.4 Å². The molecule has 0 aliphatic heterocycles. The number of amides is 1. The molecule has 0 aliphatic rings. The van der Waals surface area contributed by atoms with E-state index in [0.29, 0.717) is 17.7 Å². The summed E-state index contributed by atoms with van der Waals surface area (Å²) >= 11 is 0. The van der Waals surface area contributed by atoms with Crippen molar-refractivity contribution in [3.8, 4) is 0 Å². The van der Waals surface area contributed by atoms with Gasteiger partial charge in [0.2, 0.25) is 13.6 Å². The van der Waals surface area contributed by atoms with Gasteiger partial charge in [0, 0.05) is 6.54 Å². The van der Waals surface area contributed by atoms with Crippen LogP contribution in [0.25, 0.3) is 11.2 Å². The van der Waals surface area contributed by atoms with E-state index in [-0.39, 0.29) is 11.0 Å². The molecule has 210 valence electrons. The van der Waals surface area contributed by atoms with Crippen molar-refractivity contribution in [3.05, 3.63) is 54.0 Å². The van der Waals surface area contributed by atoms with Gasteiger partial charge in [-0.1, -0.05) is 12.1 Å². The van der Waals surface area contributed by atoms with E-state index in [9.17, 15) is 18.9 Å². The van der Waals surface area contributed by atoms with Crippen LogP contribution < -0.4 is 11.0 Å². The second-order valence-corrected chi connectivity index (χ2v) is 10.6. The minimum Gasteiger partial charge on any atom is -0.432 e. The standard InChI is InChI=1S/C24H29N4O10P/c1-15(2)37-23(30)33-13-35-39(32,36-14-34-24(31)38-16(3)4)18-7-5-17(6-8-18)11-28-12-26-22-20(28)10-9-19(27-22)21(25)29/h5-10,12,15-16H,11,13-14H2,1-4H3,(H2,25,29). The molecule has 0 spiro atoms. The zero-order chi connectivity index (χ0) is 28.6. The molecule has 2 N–H and O–H groups in total. The maximum Gasteiger partial charge on any atom is 0.510 e. The molecule has 3 aromatic rings. The Hall–Kier alpha value is -4.00. The summed E-state index contributed by atoms with van der Waals surface area (Å²) in [7, 11) is -4.14. The molecule has 1 aromatic carbocycles. The van der Waals surface area contributed by atoms with Gasteiger partial charge in [0.05, 0.1) is 29.4 Å². The number of pyridine rings is 1. The number of carbonyl (C=O) groups is 3. The predicted molar refractivity (Wildman–Crippen MR) is 136 cm³/mol. The number of rotatable bonds is 12. The summed E-state index contributed by atoms with van der Waals surface area (Å²) in [6, 6.07) is 9.54. The molecule has 0 radical (unpaired) electrons. The van der Waals surface area contributed by atoms with E-state index >= 15 is 0 Å². The van der Waals surface area contributed by atoms with Crippen molar-refractivity contribution in [2.45, 2.75) is 46.4 Å². The number of ether oxygens (including phenoxy) is 4. The van der Waals surface area contributed by atoms with E-state index in [1.807, 2.05) is 0 Å².